The number of ether oxygens (including phenoxy) is 1. The molecule has 0 radical (unpaired) electrons. The maximum Gasteiger partial charge on any atom is 0.128 e. The first-order chi connectivity index (χ1) is 10.2. The van der Waals surface area contributed by atoms with Gasteiger partial charge in [0.25, 0.3) is 0 Å². The molecule has 0 saturated carbocycles. The van der Waals surface area contributed by atoms with Crippen molar-refractivity contribution in [2.75, 3.05) is 32.2 Å². The highest BCUT2D eigenvalue weighted by atomic mass is 79.9. The van der Waals surface area contributed by atoms with Gasteiger partial charge in [-0.25, -0.2) is 4.98 Å². The molecule has 0 aliphatic rings. The van der Waals surface area contributed by atoms with Crippen molar-refractivity contribution in [3.8, 4) is 0 Å². The van der Waals surface area contributed by atoms with Crippen molar-refractivity contribution in [2.24, 2.45) is 0 Å². The van der Waals surface area contributed by atoms with Gasteiger partial charge in [0.1, 0.15) is 5.82 Å². The second-order valence-electron chi connectivity index (χ2n) is 4.81. The van der Waals surface area contributed by atoms with E-state index in [0.717, 1.165) is 35.8 Å². The van der Waals surface area contributed by atoms with E-state index in [-0.39, 0.29) is 0 Å². The molecule has 0 aromatic carbocycles. The molecular weight excluding hydrogens is 350 g/mol. The summed E-state index contributed by atoms with van der Waals surface area (Å²) in [5.41, 5.74) is 2.48. The molecule has 2 aromatic rings. The van der Waals surface area contributed by atoms with Gasteiger partial charge in [-0.3, -0.25) is 0 Å². The summed E-state index contributed by atoms with van der Waals surface area (Å²) < 4.78 is 6.16. The van der Waals surface area contributed by atoms with Crippen molar-refractivity contribution < 1.29 is 4.74 Å². The molecular formula is C15H20BrN3OS. The Morgan fingerprint density at radius 1 is 1.38 bits per heavy atom. The number of anilines is 1. The summed E-state index contributed by atoms with van der Waals surface area (Å²) in [7, 11) is 3.77. The number of hydrogen-bond donors (Lipinski definition) is 1. The number of thiophene rings is 1. The van der Waals surface area contributed by atoms with Crippen LogP contribution in [0.15, 0.2) is 33.6 Å². The Bertz CT molecular complexity index is 544. The van der Waals surface area contributed by atoms with E-state index in [9.17, 15) is 0 Å². The van der Waals surface area contributed by atoms with Crippen LogP contribution in [-0.2, 0) is 17.8 Å². The van der Waals surface area contributed by atoms with Crippen molar-refractivity contribution in [1.29, 1.82) is 0 Å². The first kappa shape index (κ1) is 16.4. The zero-order valence-electron chi connectivity index (χ0n) is 12.3. The molecule has 2 rings (SSSR count). The molecule has 6 heteroatoms. The second kappa shape index (κ2) is 8.48. The molecule has 0 fully saturated rings. The average molecular weight is 370 g/mol. The number of pyridine rings is 1. The molecule has 0 amide bonds. The van der Waals surface area contributed by atoms with E-state index >= 15 is 0 Å². The lowest BCUT2D eigenvalue weighted by Crippen LogP contribution is -2.19. The second-order valence-corrected chi connectivity index (χ2v) is 7.10. The molecule has 0 spiro atoms. The van der Waals surface area contributed by atoms with Crippen LogP contribution < -0.4 is 10.2 Å². The summed E-state index contributed by atoms with van der Waals surface area (Å²) in [4.78, 5) is 6.68. The molecule has 0 unspecified atom stereocenters. The fraction of sp³-hybridized carbons (Fsp3) is 0.400. The Morgan fingerprint density at radius 3 is 2.86 bits per heavy atom. The lowest BCUT2D eigenvalue weighted by Gasteiger charge is -2.17. The van der Waals surface area contributed by atoms with E-state index < -0.39 is 0 Å². The highest BCUT2D eigenvalue weighted by molar-refractivity contribution is 9.11. The van der Waals surface area contributed by atoms with Gasteiger partial charge in [-0.1, -0.05) is 6.07 Å². The van der Waals surface area contributed by atoms with Gasteiger partial charge >= 0.3 is 0 Å². The smallest absolute Gasteiger partial charge is 0.128 e. The molecule has 0 bridgehead atoms. The summed E-state index contributed by atoms with van der Waals surface area (Å²) in [6, 6.07) is 6.33. The van der Waals surface area contributed by atoms with Gasteiger partial charge in [-0.05, 0) is 44.6 Å². The highest BCUT2D eigenvalue weighted by Crippen LogP contribution is 2.22. The lowest BCUT2D eigenvalue weighted by atomic mass is 10.2. The van der Waals surface area contributed by atoms with Crippen LogP contribution in [-0.4, -0.2) is 32.3 Å². The van der Waals surface area contributed by atoms with Crippen LogP contribution in [0.5, 0.6) is 0 Å². The van der Waals surface area contributed by atoms with Gasteiger partial charge in [-0.15, -0.1) is 11.3 Å². The van der Waals surface area contributed by atoms with E-state index in [0.29, 0.717) is 0 Å². The van der Waals surface area contributed by atoms with Crippen LogP contribution in [0.2, 0.25) is 0 Å². The SMILES string of the molecule is COCCNCc1ccc(N(C)Cc2csc(Br)c2)nc1. The predicted octanol–water partition coefficient (Wildman–Crippen LogP) is 3.28. The molecule has 0 aliphatic carbocycles. The van der Waals surface area contributed by atoms with Gasteiger partial charge in [-0.2, -0.15) is 0 Å². The third-order valence-electron chi connectivity index (χ3n) is 3.05. The Hall–Kier alpha value is -0.950. The summed E-state index contributed by atoms with van der Waals surface area (Å²) in [6.07, 6.45) is 1.93. The van der Waals surface area contributed by atoms with Gasteiger partial charge in [0.2, 0.25) is 0 Å². The summed E-state index contributed by atoms with van der Waals surface area (Å²) in [5.74, 6) is 0.984. The Balaban J connectivity index is 1.86. The summed E-state index contributed by atoms with van der Waals surface area (Å²) in [6.45, 7) is 3.26. The average Bonchev–Trinajstić information content (AvgIpc) is 2.89. The van der Waals surface area contributed by atoms with Crippen molar-refractivity contribution >= 4 is 33.1 Å². The van der Waals surface area contributed by atoms with Crippen molar-refractivity contribution in [2.45, 2.75) is 13.1 Å². The van der Waals surface area contributed by atoms with Crippen LogP contribution in [0, 0.1) is 0 Å². The van der Waals surface area contributed by atoms with E-state index in [1.54, 1.807) is 18.4 Å². The zero-order valence-corrected chi connectivity index (χ0v) is 14.7. The van der Waals surface area contributed by atoms with E-state index in [1.165, 1.54) is 11.1 Å². The maximum atomic E-state index is 5.00. The first-order valence-electron chi connectivity index (χ1n) is 6.77. The molecule has 0 saturated heterocycles. The number of rotatable bonds is 8. The number of hydrogen-bond acceptors (Lipinski definition) is 5. The largest absolute Gasteiger partial charge is 0.383 e. The van der Waals surface area contributed by atoms with Crippen LogP contribution in [0.1, 0.15) is 11.1 Å². The standard InChI is InChI=1S/C15H20BrN3OS/c1-19(10-13-7-14(16)21-11-13)15-4-3-12(9-18-15)8-17-5-6-20-2/h3-4,7,9,11,17H,5-6,8,10H2,1-2H3. The third-order valence-corrected chi connectivity index (χ3v) is 4.61. The van der Waals surface area contributed by atoms with Crippen LogP contribution >= 0.6 is 27.3 Å². The van der Waals surface area contributed by atoms with Crippen LogP contribution in [0.3, 0.4) is 0 Å². The van der Waals surface area contributed by atoms with Gasteiger partial charge in [0.05, 0.1) is 10.4 Å². The Labute approximate surface area is 138 Å². The highest BCUT2D eigenvalue weighted by Gasteiger charge is 2.05. The fourth-order valence-corrected chi connectivity index (χ4v) is 3.14. The topological polar surface area (TPSA) is 37.4 Å². The van der Waals surface area contributed by atoms with E-state index in [4.69, 9.17) is 4.74 Å². The molecule has 114 valence electrons. The minimum absolute atomic E-state index is 0.727. The van der Waals surface area contributed by atoms with Crippen molar-refractivity contribution in [1.82, 2.24) is 10.3 Å². The molecule has 21 heavy (non-hydrogen) atoms. The van der Waals surface area contributed by atoms with Gasteiger partial charge < -0.3 is 15.0 Å². The van der Waals surface area contributed by atoms with Gasteiger partial charge in [0.15, 0.2) is 0 Å². The maximum absolute atomic E-state index is 5.00. The fourth-order valence-electron chi connectivity index (χ4n) is 1.94. The minimum Gasteiger partial charge on any atom is -0.383 e. The van der Waals surface area contributed by atoms with Crippen molar-refractivity contribution in [3.63, 3.8) is 0 Å². The van der Waals surface area contributed by atoms with E-state index in [1.807, 2.05) is 6.20 Å². The molecule has 2 aromatic heterocycles. The van der Waals surface area contributed by atoms with Gasteiger partial charge in [0, 0.05) is 40.0 Å². The lowest BCUT2D eigenvalue weighted by molar-refractivity contribution is 0.199. The number of nitrogens with zero attached hydrogens (tertiary/aromatic N) is 2. The molecule has 2 heterocycles. The molecule has 0 atom stereocenters. The van der Waals surface area contributed by atoms with Crippen LogP contribution in [0.4, 0.5) is 5.82 Å². The number of halogens is 1. The zero-order chi connectivity index (χ0) is 15.1. The quantitative estimate of drug-likeness (QED) is 0.724. The third kappa shape index (κ3) is 5.39. The summed E-state index contributed by atoms with van der Waals surface area (Å²) >= 11 is 5.20. The Morgan fingerprint density at radius 2 is 2.24 bits per heavy atom. The van der Waals surface area contributed by atoms with Crippen LogP contribution in [0.25, 0.3) is 0 Å². The van der Waals surface area contributed by atoms with E-state index in [2.05, 4.69) is 61.8 Å². The monoisotopic (exact) mass is 369 g/mol. The summed E-state index contributed by atoms with van der Waals surface area (Å²) in [5, 5.41) is 5.47. The predicted molar refractivity (Wildman–Crippen MR) is 91.9 cm³/mol. The number of nitrogens with one attached hydrogen (secondary N) is 1. The molecule has 4 nitrogen and oxygen atoms in total. The van der Waals surface area contributed by atoms with Crippen molar-refractivity contribution in [3.05, 3.63) is 44.7 Å². The number of methoxy groups -OCH3 is 1. The number of aromatic nitrogens is 1. The normalized spacial score (nSPS) is 10.8. The molecule has 1 N–H and O–H groups in total. The Kier molecular flexibility index (Phi) is 6.63. The molecule has 0 aliphatic heterocycles. The first-order valence-corrected chi connectivity index (χ1v) is 8.45. The minimum atomic E-state index is 0.727.